The van der Waals surface area contributed by atoms with Crippen LogP contribution in [-0.4, -0.2) is 14.7 Å². The molecule has 0 unspecified atom stereocenters. The molecule has 0 bridgehead atoms. The second-order valence-electron chi connectivity index (χ2n) is 3.23. The van der Waals surface area contributed by atoms with Crippen molar-refractivity contribution in [3.05, 3.63) is 43.2 Å². The van der Waals surface area contributed by atoms with Crippen LogP contribution in [0.1, 0.15) is 12.5 Å². The standard InChI is InChI=1S/C10H10N2O3S/c1-2-7-8(13)11-10(15)12(9(7)14)6-3-4-16-5-6/h3-5,14H,2H2,1H3,(H,11,13,15). The predicted molar refractivity (Wildman–Crippen MR) is 61.6 cm³/mol. The number of nitrogens with one attached hydrogen (secondary N) is 1. The van der Waals surface area contributed by atoms with Crippen LogP contribution in [0.25, 0.3) is 5.69 Å². The Morgan fingerprint density at radius 3 is 2.81 bits per heavy atom. The summed E-state index contributed by atoms with van der Waals surface area (Å²) in [5.41, 5.74) is -0.390. The molecule has 0 aliphatic carbocycles. The molecule has 2 heterocycles. The van der Waals surface area contributed by atoms with Crippen molar-refractivity contribution >= 4 is 11.3 Å². The Balaban J connectivity index is 2.81. The highest BCUT2D eigenvalue weighted by atomic mass is 32.1. The summed E-state index contributed by atoms with van der Waals surface area (Å²) in [6, 6.07) is 1.70. The highest BCUT2D eigenvalue weighted by Gasteiger charge is 2.13. The number of hydrogen-bond donors (Lipinski definition) is 2. The van der Waals surface area contributed by atoms with Crippen molar-refractivity contribution in [1.29, 1.82) is 0 Å². The third kappa shape index (κ3) is 1.57. The van der Waals surface area contributed by atoms with Gasteiger partial charge in [-0.3, -0.25) is 9.78 Å². The molecular formula is C10H10N2O3S. The monoisotopic (exact) mass is 238 g/mol. The topological polar surface area (TPSA) is 75.1 Å². The zero-order chi connectivity index (χ0) is 11.7. The summed E-state index contributed by atoms with van der Waals surface area (Å²) >= 11 is 1.41. The summed E-state index contributed by atoms with van der Waals surface area (Å²) in [5, 5.41) is 13.4. The number of aromatic nitrogens is 2. The van der Waals surface area contributed by atoms with Gasteiger partial charge in [0.15, 0.2) is 0 Å². The van der Waals surface area contributed by atoms with Crippen LogP contribution in [0.3, 0.4) is 0 Å². The first-order chi connectivity index (χ1) is 7.65. The minimum absolute atomic E-state index is 0.214. The molecule has 2 aromatic rings. The van der Waals surface area contributed by atoms with Crippen LogP contribution < -0.4 is 11.2 Å². The number of thiophene rings is 1. The molecule has 0 saturated carbocycles. The third-order valence-corrected chi connectivity index (χ3v) is 2.97. The van der Waals surface area contributed by atoms with Crippen molar-refractivity contribution in [3.8, 4) is 11.6 Å². The number of aromatic hydroxyl groups is 1. The lowest BCUT2D eigenvalue weighted by Crippen LogP contribution is -2.30. The van der Waals surface area contributed by atoms with Crippen LogP contribution in [0.4, 0.5) is 0 Å². The van der Waals surface area contributed by atoms with Crippen LogP contribution in [0.2, 0.25) is 0 Å². The van der Waals surface area contributed by atoms with Crippen molar-refractivity contribution in [3.63, 3.8) is 0 Å². The van der Waals surface area contributed by atoms with E-state index in [4.69, 9.17) is 0 Å². The normalized spacial score (nSPS) is 10.6. The summed E-state index contributed by atoms with van der Waals surface area (Å²) in [5.74, 6) is -0.283. The fourth-order valence-corrected chi connectivity index (χ4v) is 2.12. The van der Waals surface area contributed by atoms with Crippen LogP contribution >= 0.6 is 11.3 Å². The molecular weight excluding hydrogens is 228 g/mol. The third-order valence-electron chi connectivity index (χ3n) is 2.30. The molecule has 0 aliphatic heterocycles. The van der Waals surface area contributed by atoms with E-state index in [0.29, 0.717) is 12.1 Å². The van der Waals surface area contributed by atoms with Gasteiger partial charge in [0.1, 0.15) is 0 Å². The Kier molecular flexibility index (Phi) is 2.66. The average molecular weight is 238 g/mol. The Labute approximate surface area is 94.6 Å². The van der Waals surface area contributed by atoms with Gasteiger partial charge in [0.25, 0.3) is 5.56 Å². The first-order valence-corrected chi connectivity index (χ1v) is 5.69. The molecule has 2 aromatic heterocycles. The van der Waals surface area contributed by atoms with Crippen molar-refractivity contribution in [2.75, 3.05) is 0 Å². The maximum atomic E-state index is 11.6. The fourth-order valence-electron chi connectivity index (χ4n) is 1.50. The van der Waals surface area contributed by atoms with E-state index in [2.05, 4.69) is 4.98 Å². The van der Waals surface area contributed by atoms with Gasteiger partial charge in [-0.2, -0.15) is 11.3 Å². The van der Waals surface area contributed by atoms with Gasteiger partial charge in [0.05, 0.1) is 11.3 Å². The molecule has 2 N–H and O–H groups in total. The molecule has 0 atom stereocenters. The number of aromatic amines is 1. The van der Waals surface area contributed by atoms with E-state index < -0.39 is 11.2 Å². The van der Waals surface area contributed by atoms with Crippen LogP contribution in [-0.2, 0) is 6.42 Å². The SMILES string of the molecule is CCc1c(O)n(-c2ccsc2)c(=O)[nH]c1=O. The molecule has 0 fully saturated rings. The van der Waals surface area contributed by atoms with Crippen molar-refractivity contribution in [2.24, 2.45) is 0 Å². The van der Waals surface area contributed by atoms with Gasteiger partial charge >= 0.3 is 5.69 Å². The molecule has 0 saturated heterocycles. The van der Waals surface area contributed by atoms with Gasteiger partial charge in [0, 0.05) is 5.38 Å². The first-order valence-electron chi connectivity index (χ1n) is 4.75. The lowest BCUT2D eigenvalue weighted by molar-refractivity contribution is 0.424. The fraction of sp³-hybridized carbons (Fsp3) is 0.200. The van der Waals surface area contributed by atoms with E-state index in [0.717, 1.165) is 4.57 Å². The van der Waals surface area contributed by atoms with Crippen molar-refractivity contribution in [2.45, 2.75) is 13.3 Å². The van der Waals surface area contributed by atoms with E-state index in [9.17, 15) is 14.7 Å². The quantitative estimate of drug-likeness (QED) is 0.814. The zero-order valence-electron chi connectivity index (χ0n) is 8.56. The number of H-pyrrole nitrogens is 1. The summed E-state index contributed by atoms with van der Waals surface area (Å²) in [6.45, 7) is 1.74. The van der Waals surface area contributed by atoms with Gasteiger partial charge < -0.3 is 5.11 Å². The van der Waals surface area contributed by atoms with E-state index in [-0.39, 0.29) is 11.4 Å². The van der Waals surface area contributed by atoms with Gasteiger partial charge in [-0.1, -0.05) is 6.92 Å². The molecule has 2 rings (SSSR count). The molecule has 5 nitrogen and oxygen atoms in total. The predicted octanol–water partition coefficient (Wildman–Crippen LogP) is 0.855. The molecule has 84 valence electrons. The maximum Gasteiger partial charge on any atom is 0.335 e. The Bertz CT molecular complexity index is 610. The summed E-state index contributed by atoms with van der Waals surface area (Å²) in [6.07, 6.45) is 0.367. The lowest BCUT2D eigenvalue weighted by atomic mass is 10.2. The minimum Gasteiger partial charge on any atom is -0.494 e. The van der Waals surface area contributed by atoms with E-state index in [1.807, 2.05) is 0 Å². The second-order valence-corrected chi connectivity index (χ2v) is 4.01. The van der Waals surface area contributed by atoms with E-state index in [1.165, 1.54) is 11.3 Å². The Morgan fingerprint density at radius 1 is 1.50 bits per heavy atom. The van der Waals surface area contributed by atoms with E-state index >= 15 is 0 Å². The lowest BCUT2D eigenvalue weighted by Gasteiger charge is -2.08. The van der Waals surface area contributed by atoms with Crippen LogP contribution in [0.15, 0.2) is 26.4 Å². The molecule has 0 amide bonds. The number of nitrogens with zero attached hydrogens (tertiary/aromatic N) is 1. The molecule has 0 radical (unpaired) electrons. The second kappa shape index (κ2) is 3.97. The molecule has 16 heavy (non-hydrogen) atoms. The van der Waals surface area contributed by atoms with Crippen LogP contribution in [0, 0.1) is 0 Å². The van der Waals surface area contributed by atoms with Crippen molar-refractivity contribution < 1.29 is 5.11 Å². The highest BCUT2D eigenvalue weighted by Crippen LogP contribution is 2.18. The van der Waals surface area contributed by atoms with Crippen molar-refractivity contribution in [1.82, 2.24) is 9.55 Å². The number of hydrogen-bond acceptors (Lipinski definition) is 4. The maximum absolute atomic E-state index is 11.6. The Morgan fingerprint density at radius 2 is 2.25 bits per heavy atom. The molecule has 0 spiro atoms. The average Bonchev–Trinajstić information content (AvgIpc) is 2.70. The number of rotatable bonds is 2. The zero-order valence-corrected chi connectivity index (χ0v) is 9.37. The molecule has 6 heteroatoms. The summed E-state index contributed by atoms with van der Waals surface area (Å²) in [7, 11) is 0. The van der Waals surface area contributed by atoms with Crippen LogP contribution in [0.5, 0.6) is 5.88 Å². The van der Waals surface area contributed by atoms with Gasteiger partial charge in [-0.15, -0.1) is 0 Å². The first kappa shape index (κ1) is 10.7. The Hall–Kier alpha value is -1.82. The minimum atomic E-state index is -0.627. The molecule has 0 aliphatic rings. The summed E-state index contributed by atoms with van der Waals surface area (Å²) < 4.78 is 1.09. The molecule has 0 aromatic carbocycles. The highest BCUT2D eigenvalue weighted by molar-refractivity contribution is 7.08. The van der Waals surface area contributed by atoms with E-state index in [1.54, 1.807) is 23.8 Å². The summed E-state index contributed by atoms with van der Waals surface area (Å²) in [4.78, 5) is 25.2. The van der Waals surface area contributed by atoms with Gasteiger partial charge in [-0.05, 0) is 17.9 Å². The van der Waals surface area contributed by atoms with Gasteiger partial charge in [0.2, 0.25) is 5.88 Å². The largest absolute Gasteiger partial charge is 0.494 e. The smallest absolute Gasteiger partial charge is 0.335 e. The van der Waals surface area contributed by atoms with Gasteiger partial charge in [-0.25, -0.2) is 9.36 Å².